The summed E-state index contributed by atoms with van der Waals surface area (Å²) in [5.74, 6) is 0.168. The predicted molar refractivity (Wildman–Crippen MR) is 131 cm³/mol. The molecule has 2 N–H and O–H groups in total. The Kier molecular flexibility index (Phi) is 8.52. The molecule has 34 heavy (non-hydrogen) atoms. The molecular formula is C26H33ClF3N3O. The summed E-state index contributed by atoms with van der Waals surface area (Å²) in [6.45, 7) is 8.05. The number of benzene rings is 2. The Morgan fingerprint density at radius 3 is 2.21 bits per heavy atom. The fourth-order valence-corrected chi connectivity index (χ4v) is 4.62. The number of nitrogens with two attached hydrogens (primary N) is 1. The van der Waals surface area contributed by atoms with Crippen LogP contribution in [0.1, 0.15) is 49.9 Å². The highest BCUT2D eigenvalue weighted by atomic mass is 35.5. The zero-order valence-electron chi connectivity index (χ0n) is 19.9. The number of hydrogen-bond donors (Lipinski definition) is 1. The molecule has 2 aromatic rings. The Morgan fingerprint density at radius 1 is 1.03 bits per heavy atom. The van der Waals surface area contributed by atoms with E-state index < -0.39 is 17.8 Å². The first kappa shape index (κ1) is 26.4. The number of carbonyl (C=O) groups excluding carboxylic acids is 1. The highest BCUT2D eigenvalue weighted by Gasteiger charge is 2.33. The van der Waals surface area contributed by atoms with Crippen molar-refractivity contribution in [3.05, 3.63) is 64.2 Å². The van der Waals surface area contributed by atoms with Gasteiger partial charge in [-0.3, -0.25) is 4.79 Å². The minimum absolute atomic E-state index is 0.0822. The molecule has 3 rings (SSSR count). The van der Waals surface area contributed by atoms with Crippen LogP contribution in [0.3, 0.4) is 0 Å². The van der Waals surface area contributed by atoms with E-state index >= 15 is 0 Å². The quantitative estimate of drug-likeness (QED) is 0.517. The van der Waals surface area contributed by atoms with E-state index in [4.69, 9.17) is 17.3 Å². The van der Waals surface area contributed by atoms with E-state index in [9.17, 15) is 18.0 Å². The van der Waals surface area contributed by atoms with Gasteiger partial charge in [-0.15, -0.1) is 0 Å². The molecule has 0 aromatic heterocycles. The van der Waals surface area contributed by atoms with Crippen molar-refractivity contribution < 1.29 is 18.0 Å². The van der Waals surface area contributed by atoms with E-state index in [1.54, 1.807) is 0 Å². The van der Waals surface area contributed by atoms with E-state index in [1.165, 1.54) is 12.1 Å². The van der Waals surface area contributed by atoms with Gasteiger partial charge in [0.15, 0.2) is 0 Å². The van der Waals surface area contributed by atoms with Gasteiger partial charge in [0.1, 0.15) is 0 Å². The fourth-order valence-electron chi connectivity index (χ4n) is 4.49. The molecule has 1 aliphatic heterocycles. The molecule has 1 fully saturated rings. The zero-order chi connectivity index (χ0) is 25.0. The first-order valence-corrected chi connectivity index (χ1v) is 12.1. The van der Waals surface area contributed by atoms with E-state index in [0.717, 1.165) is 17.3 Å². The van der Waals surface area contributed by atoms with Crippen LogP contribution in [0.4, 0.5) is 18.9 Å². The standard InChI is InChI=1S/C26H33ClF3N3O/c1-17(2)14-23(31)22-16-20(26(28,29)30)6-9-24(22)32-10-12-33(13-11-32)25(34)18(3)15-19-4-7-21(27)8-5-19/h4-9,16-18,23H,10-15,31H2,1-3H3/t18-,23+/m1/s1. The molecule has 0 aliphatic carbocycles. The number of hydrogen-bond acceptors (Lipinski definition) is 3. The number of anilines is 1. The van der Waals surface area contributed by atoms with Crippen molar-refractivity contribution in [3.63, 3.8) is 0 Å². The summed E-state index contributed by atoms with van der Waals surface area (Å²) < 4.78 is 40.1. The van der Waals surface area contributed by atoms with Gasteiger partial charge >= 0.3 is 6.18 Å². The van der Waals surface area contributed by atoms with E-state index in [2.05, 4.69) is 0 Å². The van der Waals surface area contributed by atoms with Gasteiger partial charge < -0.3 is 15.5 Å². The Bertz CT molecular complexity index is 970. The second-order valence-electron chi connectivity index (χ2n) is 9.55. The molecule has 1 amide bonds. The number of carbonyl (C=O) groups is 1. The summed E-state index contributed by atoms with van der Waals surface area (Å²) in [6, 6.07) is 10.8. The van der Waals surface area contributed by atoms with Crippen molar-refractivity contribution in [3.8, 4) is 0 Å². The van der Waals surface area contributed by atoms with Crippen molar-refractivity contribution in [1.29, 1.82) is 0 Å². The number of piperazine rings is 1. The highest BCUT2D eigenvalue weighted by molar-refractivity contribution is 6.30. The molecule has 1 aliphatic rings. The van der Waals surface area contributed by atoms with Gasteiger partial charge in [0.2, 0.25) is 5.91 Å². The van der Waals surface area contributed by atoms with Crippen LogP contribution in [0.15, 0.2) is 42.5 Å². The summed E-state index contributed by atoms with van der Waals surface area (Å²) in [7, 11) is 0. The third-order valence-electron chi connectivity index (χ3n) is 6.29. The van der Waals surface area contributed by atoms with Crippen molar-refractivity contribution in [2.24, 2.45) is 17.6 Å². The van der Waals surface area contributed by atoms with Crippen LogP contribution < -0.4 is 10.6 Å². The number of nitrogens with zero attached hydrogens (tertiary/aromatic N) is 2. The largest absolute Gasteiger partial charge is 0.416 e. The number of amides is 1. The lowest BCUT2D eigenvalue weighted by atomic mass is 9.94. The Balaban J connectivity index is 1.69. The number of alkyl halides is 3. The zero-order valence-corrected chi connectivity index (χ0v) is 20.7. The highest BCUT2D eigenvalue weighted by Crippen LogP contribution is 2.36. The molecule has 0 radical (unpaired) electrons. The maximum atomic E-state index is 13.4. The summed E-state index contributed by atoms with van der Waals surface area (Å²) >= 11 is 5.94. The maximum absolute atomic E-state index is 13.4. The van der Waals surface area contributed by atoms with Gasteiger partial charge in [-0.1, -0.05) is 44.5 Å². The Labute approximate surface area is 204 Å². The van der Waals surface area contributed by atoms with Crippen LogP contribution in [-0.4, -0.2) is 37.0 Å². The lowest BCUT2D eigenvalue weighted by molar-refractivity contribution is -0.137. The summed E-state index contributed by atoms with van der Waals surface area (Å²) in [5, 5.41) is 0.662. The molecule has 8 heteroatoms. The van der Waals surface area contributed by atoms with Crippen LogP contribution in [0, 0.1) is 11.8 Å². The molecule has 1 saturated heterocycles. The molecule has 0 unspecified atom stereocenters. The normalized spacial score (nSPS) is 16.6. The van der Waals surface area contributed by atoms with Crippen molar-refractivity contribution in [2.45, 2.75) is 45.8 Å². The first-order chi connectivity index (χ1) is 16.0. The average molecular weight is 496 g/mol. The van der Waals surface area contributed by atoms with Crippen LogP contribution >= 0.6 is 11.6 Å². The lowest BCUT2D eigenvalue weighted by Gasteiger charge is -2.38. The van der Waals surface area contributed by atoms with Crippen LogP contribution in [0.25, 0.3) is 0 Å². The Morgan fingerprint density at radius 2 is 1.65 bits per heavy atom. The van der Waals surface area contributed by atoms with E-state index in [-0.39, 0.29) is 17.7 Å². The second-order valence-corrected chi connectivity index (χ2v) is 9.99. The molecular weight excluding hydrogens is 463 g/mol. The number of halogens is 4. The minimum atomic E-state index is -4.42. The van der Waals surface area contributed by atoms with E-state index in [1.807, 2.05) is 54.8 Å². The lowest BCUT2D eigenvalue weighted by Crippen LogP contribution is -2.50. The summed E-state index contributed by atoms with van der Waals surface area (Å²) in [4.78, 5) is 16.9. The fraction of sp³-hybridized carbons (Fsp3) is 0.500. The molecule has 0 saturated carbocycles. The number of rotatable bonds is 7. The van der Waals surface area contributed by atoms with Gasteiger partial charge in [0, 0.05) is 48.8 Å². The monoisotopic (exact) mass is 495 g/mol. The van der Waals surface area contributed by atoms with Gasteiger partial charge in [-0.25, -0.2) is 0 Å². The molecule has 4 nitrogen and oxygen atoms in total. The summed E-state index contributed by atoms with van der Waals surface area (Å²) in [6.07, 6.45) is -3.20. The van der Waals surface area contributed by atoms with Crippen LogP contribution in [0.5, 0.6) is 0 Å². The van der Waals surface area contributed by atoms with Gasteiger partial charge in [0.05, 0.1) is 5.56 Å². The first-order valence-electron chi connectivity index (χ1n) is 11.7. The van der Waals surface area contributed by atoms with Crippen LogP contribution in [-0.2, 0) is 17.4 Å². The third-order valence-corrected chi connectivity index (χ3v) is 6.54. The topological polar surface area (TPSA) is 49.6 Å². The smallest absolute Gasteiger partial charge is 0.368 e. The van der Waals surface area contributed by atoms with Gasteiger partial charge in [0.25, 0.3) is 0 Å². The third kappa shape index (κ3) is 6.66. The summed E-state index contributed by atoms with van der Waals surface area (Å²) in [5.41, 5.74) is 7.95. The molecule has 1 heterocycles. The van der Waals surface area contributed by atoms with E-state index in [0.29, 0.717) is 49.6 Å². The molecule has 2 atom stereocenters. The SMILES string of the molecule is CC(C)C[C@H](N)c1cc(C(F)(F)F)ccc1N1CCN(C(=O)[C@H](C)Cc2ccc(Cl)cc2)CC1. The van der Waals surface area contributed by atoms with Crippen molar-refractivity contribution in [1.82, 2.24) is 4.90 Å². The van der Waals surface area contributed by atoms with Gasteiger partial charge in [-0.2, -0.15) is 13.2 Å². The van der Waals surface area contributed by atoms with Crippen molar-refractivity contribution >= 4 is 23.2 Å². The molecule has 0 bridgehead atoms. The minimum Gasteiger partial charge on any atom is -0.368 e. The predicted octanol–water partition coefficient (Wildman–Crippen LogP) is 5.93. The Hall–Kier alpha value is -2.25. The maximum Gasteiger partial charge on any atom is 0.416 e. The molecule has 2 aromatic carbocycles. The van der Waals surface area contributed by atoms with Gasteiger partial charge in [-0.05, 0) is 60.2 Å². The molecule has 0 spiro atoms. The van der Waals surface area contributed by atoms with Crippen molar-refractivity contribution in [2.75, 3.05) is 31.1 Å². The molecule has 186 valence electrons. The van der Waals surface area contributed by atoms with Crippen LogP contribution in [0.2, 0.25) is 5.02 Å². The second kappa shape index (κ2) is 11.0. The average Bonchev–Trinajstić information content (AvgIpc) is 2.78.